The molecule has 0 radical (unpaired) electrons. The number of pyridine rings is 1. The molecule has 7 heteroatoms. The summed E-state index contributed by atoms with van der Waals surface area (Å²) in [6.45, 7) is 2.79. The molecule has 0 aliphatic heterocycles. The molecule has 1 N–H and O–H groups in total. The van der Waals surface area contributed by atoms with E-state index in [-0.39, 0.29) is 0 Å². The van der Waals surface area contributed by atoms with Gasteiger partial charge in [-0.1, -0.05) is 6.92 Å². The maximum absolute atomic E-state index is 5.57. The standard InChI is InChI=1S/C17H17N5OS/c1-2-11-23-15-5-3-13(4-6-15)12-19-22-16(20-21-17(22)24)14-7-9-18-10-8-14/h3-10,12H,2,11H2,1H3,(H,21,24). The molecule has 3 rings (SSSR count). The van der Waals surface area contributed by atoms with Crippen LogP contribution in [0.3, 0.4) is 0 Å². The molecule has 0 spiro atoms. The van der Waals surface area contributed by atoms with Crippen molar-refractivity contribution in [3.63, 3.8) is 0 Å². The van der Waals surface area contributed by atoms with Gasteiger partial charge in [-0.2, -0.15) is 14.9 Å². The van der Waals surface area contributed by atoms with Crippen LogP contribution in [0.4, 0.5) is 0 Å². The lowest BCUT2D eigenvalue weighted by Gasteiger charge is -2.04. The summed E-state index contributed by atoms with van der Waals surface area (Å²) in [4.78, 5) is 4.01. The largest absolute Gasteiger partial charge is 0.494 e. The van der Waals surface area contributed by atoms with Gasteiger partial charge in [0.15, 0.2) is 5.82 Å². The predicted molar refractivity (Wildman–Crippen MR) is 95.9 cm³/mol. The van der Waals surface area contributed by atoms with Gasteiger partial charge >= 0.3 is 0 Å². The fourth-order valence-corrected chi connectivity index (χ4v) is 2.26. The van der Waals surface area contributed by atoms with Crippen molar-refractivity contribution >= 4 is 18.4 Å². The number of H-pyrrole nitrogens is 1. The number of nitrogens with zero attached hydrogens (tertiary/aromatic N) is 4. The fourth-order valence-electron chi connectivity index (χ4n) is 2.08. The molecule has 0 aliphatic rings. The number of hydrogen-bond acceptors (Lipinski definition) is 5. The molecule has 2 aromatic heterocycles. The summed E-state index contributed by atoms with van der Waals surface area (Å²) in [7, 11) is 0. The van der Waals surface area contributed by atoms with Gasteiger partial charge in [-0.25, -0.2) is 5.10 Å². The number of rotatable bonds is 6. The smallest absolute Gasteiger partial charge is 0.216 e. The maximum Gasteiger partial charge on any atom is 0.216 e. The highest BCUT2D eigenvalue weighted by atomic mass is 32.1. The van der Waals surface area contributed by atoms with E-state index in [0.717, 1.165) is 23.3 Å². The molecule has 0 amide bonds. The molecule has 0 aliphatic carbocycles. The number of benzene rings is 1. The van der Waals surface area contributed by atoms with Crippen molar-refractivity contribution in [2.45, 2.75) is 13.3 Å². The first kappa shape index (κ1) is 16.1. The summed E-state index contributed by atoms with van der Waals surface area (Å²) in [5.41, 5.74) is 1.83. The van der Waals surface area contributed by atoms with Gasteiger partial charge in [0.2, 0.25) is 4.77 Å². The molecule has 1 aromatic carbocycles. The minimum Gasteiger partial charge on any atom is -0.494 e. The Morgan fingerprint density at radius 2 is 1.96 bits per heavy atom. The lowest BCUT2D eigenvalue weighted by molar-refractivity contribution is 0.317. The molecule has 0 unspecified atom stereocenters. The molecular formula is C17H17N5OS. The van der Waals surface area contributed by atoms with Crippen LogP contribution in [0.25, 0.3) is 11.4 Å². The Bertz CT molecular complexity index is 868. The van der Waals surface area contributed by atoms with Crippen LogP contribution < -0.4 is 4.74 Å². The van der Waals surface area contributed by atoms with Crippen LogP contribution in [0.15, 0.2) is 53.9 Å². The molecule has 0 saturated heterocycles. The number of nitrogens with one attached hydrogen (secondary N) is 1. The Kier molecular flexibility index (Phi) is 5.12. The first-order valence-electron chi connectivity index (χ1n) is 7.63. The highest BCUT2D eigenvalue weighted by Gasteiger charge is 2.07. The van der Waals surface area contributed by atoms with E-state index >= 15 is 0 Å². The first-order valence-corrected chi connectivity index (χ1v) is 8.04. The van der Waals surface area contributed by atoms with Gasteiger partial charge in [-0.3, -0.25) is 4.98 Å². The van der Waals surface area contributed by atoms with Crippen LogP contribution in [0.2, 0.25) is 0 Å². The lowest BCUT2D eigenvalue weighted by Crippen LogP contribution is -1.96. The highest BCUT2D eigenvalue weighted by molar-refractivity contribution is 7.71. The van der Waals surface area contributed by atoms with Gasteiger partial charge in [0.25, 0.3) is 0 Å². The second-order valence-corrected chi connectivity index (χ2v) is 5.45. The third-order valence-electron chi connectivity index (χ3n) is 3.26. The highest BCUT2D eigenvalue weighted by Crippen LogP contribution is 2.16. The van der Waals surface area contributed by atoms with E-state index in [4.69, 9.17) is 17.0 Å². The first-order chi connectivity index (χ1) is 11.8. The minimum atomic E-state index is 0.431. The molecule has 0 saturated carbocycles. The van der Waals surface area contributed by atoms with E-state index in [2.05, 4.69) is 27.2 Å². The van der Waals surface area contributed by atoms with E-state index < -0.39 is 0 Å². The monoisotopic (exact) mass is 339 g/mol. The van der Waals surface area contributed by atoms with Crippen LogP contribution in [-0.4, -0.2) is 32.7 Å². The van der Waals surface area contributed by atoms with Gasteiger partial charge in [0.05, 0.1) is 12.8 Å². The Morgan fingerprint density at radius 3 is 2.67 bits per heavy atom. The van der Waals surface area contributed by atoms with E-state index in [1.807, 2.05) is 36.4 Å². The maximum atomic E-state index is 5.57. The molecule has 24 heavy (non-hydrogen) atoms. The van der Waals surface area contributed by atoms with Crippen molar-refractivity contribution in [1.82, 2.24) is 19.9 Å². The van der Waals surface area contributed by atoms with Crippen LogP contribution >= 0.6 is 12.2 Å². The minimum absolute atomic E-state index is 0.431. The van der Waals surface area contributed by atoms with Gasteiger partial charge in [0, 0.05) is 18.0 Å². The zero-order chi connectivity index (χ0) is 16.8. The van der Waals surface area contributed by atoms with Crippen LogP contribution in [0, 0.1) is 4.77 Å². The molecule has 0 bridgehead atoms. The Labute approximate surface area is 144 Å². The Morgan fingerprint density at radius 1 is 1.21 bits per heavy atom. The zero-order valence-electron chi connectivity index (χ0n) is 13.2. The van der Waals surface area contributed by atoms with Gasteiger partial charge in [0.1, 0.15) is 5.75 Å². The quantitative estimate of drug-likeness (QED) is 0.549. The predicted octanol–water partition coefficient (Wildman–Crippen LogP) is 3.67. The van der Waals surface area contributed by atoms with Gasteiger partial charge < -0.3 is 4.74 Å². The van der Waals surface area contributed by atoms with Crippen molar-refractivity contribution < 1.29 is 4.74 Å². The molecule has 0 fully saturated rings. The average Bonchev–Trinajstić information content (AvgIpc) is 3.00. The summed E-state index contributed by atoms with van der Waals surface area (Å²) >= 11 is 5.25. The summed E-state index contributed by atoms with van der Waals surface area (Å²) < 4.78 is 7.59. The number of hydrogen-bond donors (Lipinski definition) is 1. The third kappa shape index (κ3) is 3.75. The number of aromatic nitrogens is 4. The van der Waals surface area contributed by atoms with Crippen LogP contribution in [0.1, 0.15) is 18.9 Å². The second-order valence-electron chi connectivity index (χ2n) is 5.06. The third-order valence-corrected chi connectivity index (χ3v) is 3.53. The average molecular weight is 339 g/mol. The fraction of sp³-hybridized carbons (Fsp3) is 0.176. The molecule has 3 aromatic rings. The molecule has 0 atom stereocenters. The second kappa shape index (κ2) is 7.65. The molecule has 2 heterocycles. The van der Waals surface area contributed by atoms with Crippen molar-refractivity contribution in [3.05, 3.63) is 59.1 Å². The normalized spacial score (nSPS) is 11.0. The van der Waals surface area contributed by atoms with Crippen molar-refractivity contribution in [3.8, 4) is 17.1 Å². The summed E-state index contributed by atoms with van der Waals surface area (Å²) in [5, 5.41) is 11.4. The van der Waals surface area contributed by atoms with E-state index in [1.165, 1.54) is 0 Å². The lowest BCUT2D eigenvalue weighted by atomic mass is 10.2. The summed E-state index contributed by atoms with van der Waals surface area (Å²) in [6.07, 6.45) is 6.13. The number of aromatic amines is 1. The van der Waals surface area contributed by atoms with Crippen molar-refractivity contribution in [2.24, 2.45) is 5.10 Å². The number of ether oxygens (including phenoxy) is 1. The topological polar surface area (TPSA) is 68.1 Å². The van der Waals surface area contributed by atoms with Crippen LogP contribution in [0.5, 0.6) is 5.75 Å². The van der Waals surface area contributed by atoms with Crippen LogP contribution in [-0.2, 0) is 0 Å². The van der Waals surface area contributed by atoms with Gasteiger partial charge in [-0.05, 0) is 60.6 Å². The SMILES string of the molecule is CCCOc1ccc(C=Nn2c(-c3ccncc3)n[nH]c2=S)cc1. The summed E-state index contributed by atoms with van der Waals surface area (Å²) in [5.74, 6) is 1.49. The van der Waals surface area contributed by atoms with E-state index in [9.17, 15) is 0 Å². The van der Waals surface area contributed by atoms with E-state index in [0.29, 0.717) is 17.2 Å². The zero-order valence-corrected chi connectivity index (χ0v) is 14.0. The molecular weight excluding hydrogens is 322 g/mol. The molecule has 6 nitrogen and oxygen atoms in total. The van der Waals surface area contributed by atoms with Crippen molar-refractivity contribution in [2.75, 3.05) is 6.61 Å². The Hall–Kier alpha value is -2.80. The Balaban J connectivity index is 1.82. The van der Waals surface area contributed by atoms with E-state index in [1.54, 1.807) is 23.3 Å². The molecule has 122 valence electrons. The van der Waals surface area contributed by atoms with Gasteiger partial charge in [-0.15, -0.1) is 0 Å². The van der Waals surface area contributed by atoms with Crippen molar-refractivity contribution in [1.29, 1.82) is 0 Å². The summed E-state index contributed by atoms with van der Waals surface area (Å²) in [6, 6.07) is 11.5.